The number of aryl methyl sites for hydroxylation is 2. The summed E-state index contributed by atoms with van der Waals surface area (Å²) >= 11 is 0. The summed E-state index contributed by atoms with van der Waals surface area (Å²) in [6, 6.07) is 0. The van der Waals surface area contributed by atoms with Gasteiger partial charge >= 0.3 is 0 Å². The summed E-state index contributed by atoms with van der Waals surface area (Å²) in [7, 11) is 0. The Morgan fingerprint density at radius 1 is 1.27 bits per heavy atom. The highest BCUT2D eigenvalue weighted by Gasteiger charge is 2.14. The van der Waals surface area contributed by atoms with Gasteiger partial charge in [-0.3, -0.25) is 5.10 Å². The third-order valence-electron chi connectivity index (χ3n) is 2.00. The van der Waals surface area contributed by atoms with Gasteiger partial charge in [0.25, 0.3) is 0 Å². The predicted octanol–water partition coefficient (Wildman–Crippen LogP) is 2.23. The molecule has 0 bridgehead atoms. The maximum Gasteiger partial charge on any atom is 0.0656 e. The van der Waals surface area contributed by atoms with Crippen molar-refractivity contribution in [1.82, 2.24) is 10.2 Å². The number of aromatic amines is 1. The highest BCUT2D eigenvalue weighted by atomic mass is 15.1. The molecule has 2 rings (SSSR count). The van der Waals surface area contributed by atoms with Crippen LogP contribution in [0.3, 0.4) is 0 Å². The van der Waals surface area contributed by atoms with Crippen molar-refractivity contribution in [2.75, 3.05) is 0 Å². The van der Waals surface area contributed by atoms with Gasteiger partial charge in [-0.2, -0.15) is 5.10 Å². The van der Waals surface area contributed by atoms with Gasteiger partial charge in [0, 0.05) is 5.69 Å². The molecule has 1 aromatic rings. The molecule has 2 heteroatoms. The SMILES string of the molecule is CC.Cc1[nH]nc2c1CCC2. The summed E-state index contributed by atoms with van der Waals surface area (Å²) in [6.45, 7) is 6.09. The van der Waals surface area contributed by atoms with Gasteiger partial charge in [-0.25, -0.2) is 0 Å². The second-order valence-electron chi connectivity index (χ2n) is 2.63. The van der Waals surface area contributed by atoms with Crippen LogP contribution < -0.4 is 0 Å². The molecule has 0 saturated heterocycles. The fourth-order valence-corrected chi connectivity index (χ4v) is 1.47. The number of hydrogen-bond acceptors (Lipinski definition) is 1. The average molecular weight is 152 g/mol. The largest absolute Gasteiger partial charge is 0.282 e. The quantitative estimate of drug-likeness (QED) is 0.606. The number of fused-ring (bicyclic) bond motifs is 1. The van der Waals surface area contributed by atoms with Crippen LogP contribution in [0.2, 0.25) is 0 Å². The number of aromatic nitrogens is 2. The Morgan fingerprint density at radius 2 is 2.00 bits per heavy atom. The van der Waals surface area contributed by atoms with Gasteiger partial charge in [0.05, 0.1) is 5.69 Å². The van der Waals surface area contributed by atoms with E-state index in [4.69, 9.17) is 0 Å². The molecule has 1 aliphatic carbocycles. The van der Waals surface area contributed by atoms with Crippen molar-refractivity contribution < 1.29 is 0 Å². The minimum atomic E-state index is 1.18. The Hall–Kier alpha value is -0.790. The summed E-state index contributed by atoms with van der Waals surface area (Å²) in [5.41, 5.74) is 4.03. The van der Waals surface area contributed by atoms with Gasteiger partial charge in [-0.15, -0.1) is 0 Å². The molecule has 1 aliphatic rings. The van der Waals surface area contributed by atoms with E-state index in [1.54, 1.807) is 0 Å². The molecule has 2 nitrogen and oxygen atoms in total. The van der Waals surface area contributed by atoms with Crippen molar-refractivity contribution >= 4 is 0 Å². The third kappa shape index (κ3) is 1.44. The molecule has 1 heterocycles. The molecule has 62 valence electrons. The van der Waals surface area contributed by atoms with Crippen LogP contribution in [-0.4, -0.2) is 10.2 Å². The lowest BCUT2D eigenvalue weighted by molar-refractivity contribution is 0.854. The first-order valence-corrected chi connectivity index (χ1v) is 4.40. The zero-order valence-corrected chi connectivity index (χ0v) is 7.57. The molecule has 1 aromatic heterocycles. The Balaban J connectivity index is 0.000000281. The molecule has 0 unspecified atom stereocenters. The summed E-state index contributed by atoms with van der Waals surface area (Å²) in [4.78, 5) is 0. The van der Waals surface area contributed by atoms with E-state index in [-0.39, 0.29) is 0 Å². The van der Waals surface area contributed by atoms with Gasteiger partial charge in [0.2, 0.25) is 0 Å². The standard InChI is InChI=1S/C7H10N2.C2H6/c1-5-6-3-2-4-7(6)9-8-5;1-2/h2-4H2,1H3,(H,8,9);1-2H3. The molecule has 11 heavy (non-hydrogen) atoms. The zero-order chi connectivity index (χ0) is 8.27. The van der Waals surface area contributed by atoms with Crippen LogP contribution in [0.1, 0.15) is 37.2 Å². The van der Waals surface area contributed by atoms with Crippen LogP contribution in [0.15, 0.2) is 0 Å². The smallest absolute Gasteiger partial charge is 0.0656 e. The van der Waals surface area contributed by atoms with Crippen LogP contribution in [0.5, 0.6) is 0 Å². The minimum absolute atomic E-state index is 1.18. The minimum Gasteiger partial charge on any atom is -0.282 e. The van der Waals surface area contributed by atoms with E-state index in [1.807, 2.05) is 13.8 Å². The van der Waals surface area contributed by atoms with Crippen molar-refractivity contribution in [3.05, 3.63) is 17.0 Å². The number of nitrogens with one attached hydrogen (secondary N) is 1. The summed E-state index contributed by atoms with van der Waals surface area (Å²) in [6.07, 6.45) is 3.71. The fourth-order valence-electron chi connectivity index (χ4n) is 1.47. The van der Waals surface area contributed by atoms with E-state index >= 15 is 0 Å². The Morgan fingerprint density at radius 3 is 2.64 bits per heavy atom. The summed E-state index contributed by atoms with van der Waals surface area (Å²) in [5.74, 6) is 0. The van der Waals surface area contributed by atoms with E-state index in [1.165, 1.54) is 36.2 Å². The fraction of sp³-hybridized carbons (Fsp3) is 0.667. The Labute approximate surface area is 68.0 Å². The molecular weight excluding hydrogens is 136 g/mol. The highest BCUT2D eigenvalue weighted by Crippen LogP contribution is 2.21. The molecule has 0 aromatic carbocycles. The molecule has 0 saturated carbocycles. The maximum atomic E-state index is 4.17. The number of hydrogen-bond donors (Lipinski definition) is 1. The van der Waals surface area contributed by atoms with E-state index in [0.717, 1.165) is 0 Å². The van der Waals surface area contributed by atoms with Crippen molar-refractivity contribution in [3.8, 4) is 0 Å². The molecule has 0 fully saturated rings. The van der Waals surface area contributed by atoms with E-state index < -0.39 is 0 Å². The van der Waals surface area contributed by atoms with Crippen LogP contribution in [0.4, 0.5) is 0 Å². The molecule has 0 atom stereocenters. The van der Waals surface area contributed by atoms with E-state index in [0.29, 0.717) is 0 Å². The number of nitrogens with zero attached hydrogens (tertiary/aromatic N) is 1. The normalized spacial score (nSPS) is 13.7. The van der Waals surface area contributed by atoms with Crippen molar-refractivity contribution in [2.45, 2.75) is 40.0 Å². The molecule has 0 amide bonds. The third-order valence-corrected chi connectivity index (χ3v) is 2.00. The maximum absolute atomic E-state index is 4.17. The van der Waals surface area contributed by atoms with Gasteiger partial charge in [0.1, 0.15) is 0 Å². The first-order valence-electron chi connectivity index (χ1n) is 4.40. The first-order chi connectivity index (χ1) is 5.38. The highest BCUT2D eigenvalue weighted by molar-refractivity contribution is 5.28. The van der Waals surface area contributed by atoms with Gasteiger partial charge in [0.15, 0.2) is 0 Å². The lowest BCUT2D eigenvalue weighted by Gasteiger charge is -1.86. The summed E-state index contributed by atoms with van der Waals surface area (Å²) in [5, 5.41) is 7.16. The second kappa shape index (κ2) is 3.56. The number of rotatable bonds is 0. The van der Waals surface area contributed by atoms with Crippen molar-refractivity contribution in [2.24, 2.45) is 0 Å². The van der Waals surface area contributed by atoms with Crippen molar-refractivity contribution in [3.63, 3.8) is 0 Å². The lowest BCUT2D eigenvalue weighted by atomic mass is 10.2. The lowest BCUT2D eigenvalue weighted by Crippen LogP contribution is -1.79. The summed E-state index contributed by atoms with van der Waals surface area (Å²) < 4.78 is 0. The van der Waals surface area contributed by atoms with Crippen LogP contribution >= 0.6 is 0 Å². The molecule has 0 spiro atoms. The van der Waals surface area contributed by atoms with E-state index in [2.05, 4.69) is 17.1 Å². The van der Waals surface area contributed by atoms with Gasteiger partial charge in [-0.05, 0) is 31.7 Å². The van der Waals surface area contributed by atoms with Crippen LogP contribution in [0, 0.1) is 6.92 Å². The topological polar surface area (TPSA) is 28.7 Å². The molecule has 0 aliphatic heterocycles. The molecule has 1 N–H and O–H groups in total. The zero-order valence-electron chi connectivity index (χ0n) is 7.57. The second-order valence-corrected chi connectivity index (χ2v) is 2.63. The van der Waals surface area contributed by atoms with Crippen molar-refractivity contribution in [1.29, 1.82) is 0 Å². The Kier molecular flexibility index (Phi) is 2.69. The Bertz CT molecular complexity index is 225. The molecule has 0 radical (unpaired) electrons. The van der Waals surface area contributed by atoms with Gasteiger partial charge < -0.3 is 0 Å². The first kappa shape index (κ1) is 8.31. The van der Waals surface area contributed by atoms with Gasteiger partial charge in [-0.1, -0.05) is 13.8 Å². The van der Waals surface area contributed by atoms with E-state index in [9.17, 15) is 0 Å². The average Bonchev–Trinajstić information content (AvgIpc) is 2.60. The molecular formula is C9H16N2. The monoisotopic (exact) mass is 152 g/mol. The number of H-pyrrole nitrogens is 1. The predicted molar refractivity (Wildman–Crippen MR) is 46.7 cm³/mol. The van der Waals surface area contributed by atoms with Crippen LogP contribution in [0.25, 0.3) is 0 Å². The van der Waals surface area contributed by atoms with Crippen LogP contribution in [-0.2, 0) is 12.8 Å².